The van der Waals surface area contributed by atoms with Gasteiger partial charge in [-0.25, -0.2) is 19.6 Å². The predicted octanol–water partition coefficient (Wildman–Crippen LogP) is 6.12. The molecule has 0 radical (unpaired) electrons. The Morgan fingerprint density at radius 1 is 0.975 bits per heavy atom. The molecule has 0 saturated carbocycles. The third-order valence-corrected chi connectivity index (χ3v) is 5.75. The highest BCUT2D eigenvalue weighted by Gasteiger charge is 2.20. The van der Waals surface area contributed by atoms with Crippen LogP contribution in [0.3, 0.4) is 0 Å². The van der Waals surface area contributed by atoms with E-state index in [0.29, 0.717) is 29.5 Å². The summed E-state index contributed by atoms with van der Waals surface area (Å²) in [5, 5.41) is 9.22. The van der Waals surface area contributed by atoms with Crippen molar-refractivity contribution in [2.75, 3.05) is 18.5 Å². The van der Waals surface area contributed by atoms with Crippen molar-refractivity contribution in [2.24, 2.45) is 0 Å². The number of carbonyl (C=O) groups excluding carboxylic acids is 2. The van der Waals surface area contributed by atoms with Crippen LogP contribution in [0.4, 0.5) is 16.3 Å². The Bertz CT molecular complexity index is 1710. The van der Waals surface area contributed by atoms with Crippen molar-refractivity contribution in [1.82, 2.24) is 19.7 Å². The summed E-state index contributed by atoms with van der Waals surface area (Å²) in [6.07, 6.45) is 1.08. The van der Waals surface area contributed by atoms with Crippen LogP contribution in [-0.2, 0) is 14.3 Å². The number of esters is 1. The van der Waals surface area contributed by atoms with Crippen LogP contribution < -0.4 is 10.1 Å². The van der Waals surface area contributed by atoms with E-state index in [-0.39, 0.29) is 6.61 Å². The highest BCUT2D eigenvalue weighted by atomic mass is 16.6. The predicted molar refractivity (Wildman–Crippen MR) is 152 cm³/mol. The number of aromatic nitrogens is 4. The highest BCUT2D eigenvalue weighted by molar-refractivity contribution is 5.94. The number of anilines is 2. The summed E-state index contributed by atoms with van der Waals surface area (Å²) >= 11 is 0. The van der Waals surface area contributed by atoms with E-state index in [2.05, 4.69) is 10.4 Å². The van der Waals surface area contributed by atoms with E-state index in [9.17, 15) is 9.59 Å². The lowest BCUT2D eigenvalue weighted by Crippen LogP contribution is -2.27. The van der Waals surface area contributed by atoms with Crippen LogP contribution in [0.2, 0.25) is 0 Å². The summed E-state index contributed by atoms with van der Waals surface area (Å²) in [4.78, 5) is 33.8. The summed E-state index contributed by atoms with van der Waals surface area (Å²) in [5.41, 5.74) is 2.25. The van der Waals surface area contributed by atoms with Crippen LogP contribution in [0.5, 0.6) is 5.75 Å². The van der Waals surface area contributed by atoms with E-state index < -0.39 is 17.7 Å². The third-order valence-electron chi connectivity index (χ3n) is 5.75. The maximum absolute atomic E-state index is 12.6. The van der Waals surface area contributed by atoms with Crippen LogP contribution in [0, 0.1) is 0 Å². The van der Waals surface area contributed by atoms with Gasteiger partial charge in [0.1, 0.15) is 17.2 Å². The fourth-order valence-electron chi connectivity index (χ4n) is 4.07. The zero-order valence-electron chi connectivity index (χ0n) is 22.7. The zero-order valence-corrected chi connectivity index (χ0v) is 22.7. The number of carbonyl (C=O) groups is 2. The Balaban J connectivity index is 1.45. The van der Waals surface area contributed by atoms with Crippen LogP contribution >= 0.6 is 0 Å². The average molecular weight is 540 g/mol. The molecule has 10 heteroatoms. The minimum atomic E-state index is -0.630. The van der Waals surface area contributed by atoms with Gasteiger partial charge in [-0.1, -0.05) is 24.3 Å². The summed E-state index contributed by atoms with van der Waals surface area (Å²) in [6.45, 7) is 7.29. The molecule has 0 spiro atoms. The molecule has 0 amide bonds. The van der Waals surface area contributed by atoms with E-state index in [1.54, 1.807) is 25.3 Å². The third kappa shape index (κ3) is 6.01. The number of rotatable bonds is 7. The molecule has 0 aliphatic rings. The highest BCUT2D eigenvalue weighted by Crippen LogP contribution is 2.30. The van der Waals surface area contributed by atoms with Crippen molar-refractivity contribution in [3.8, 4) is 17.1 Å². The molecule has 0 bridgehead atoms. The first kappa shape index (κ1) is 26.6. The molecule has 0 unspecified atom stereocenters. The topological polar surface area (TPSA) is 117 Å². The summed E-state index contributed by atoms with van der Waals surface area (Å²) in [5.74, 6) is 1.16. The molecule has 0 aliphatic carbocycles. The van der Waals surface area contributed by atoms with Gasteiger partial charge in [-0.3, -0.25) is 0 Å². The standard InChI is InChI=1S/C30H29N5O5/c1-5-38-26(36)18-39-22-10-8-9-19(16-22)27-33-24-12-7-6-11-23(24)28(34-27)32-21-13-14-25-20(15-21)17-31-35(25)29(37)40-30(2,3)4/h6-17H,5,18H2,1-4H3,(H,32,33,34). The fourth-order valence-corrected chi connectivity index (χ4v) is 4.07. The van der Waals surface area contributed by atoms with Crippen molar-refractivity contribution in [3.63, 3.8) is 0 Å². The van der Waals surface area contributed by atoms with Crippen molar-refractivity contribution in [3.05, 3.63) is 72.9 Å². The SMILES string of the molecule is CCOC(=O)COc1cccc(-c2nc(Nc3ccc4c(cnn4C(=O)OC(C)(C)C)c3)c3ccccc3n2)c1. The lowest BCUT2D eigenvalue weighted by atomic mass is 10.1. The molecule has 2 heterocycles. The Labute approximate surface area is 230 Å². The molecule has 5 aromatic rings. The molecule has 0 atom stereocenters. The van der Waals surface area contributed by atoms with Crippen molar-refractivity contribution in [2.45, 2.75) is 33.3 Å². The summed E-state index contributed by atoms with van der Waals surface area (Å²) in [6, 6.07) is 20.5. The second kappa shape index (κ2) is 11.0. The molecule has 2 aromatic heterocycles. The number of nitrogens with zero attached hydrogens (tertiary/aromatic N) is 4. The second-order valence-electron chi connectivity index (χ2n) is 9.97. The average Bonchev–Trinajstić information content (AvgIpc) is 3.35. The Morgan fingerprint density at radius 2 is 1.80 bits per heavy atom. The molecule has 0 aliphatic heterocycles. The number of ether oxygens (including phenoxy) is 3. The maximum atomic E-state index is 12.6. The number of benzene rings is 3. The van der Waals surface area contributed by atoms with Crippen molar-refractivity contribution >= 4 is 45.4 Å². The van der Waals surface area contributed by atoms with Crippen LogP contribution in [-0.4, -0.2) is 50.6 Å². The van der Waals surface area contributed by atoms with Gasteiger partial charge in [0, 0.05) is 22.0 Å². The van der Waals surface area contributed by atoms with Gasteiger partial charge in [-0.15, -0.1) is 0 Å². The number of nitrogens with one attached hydrogen (secondary N) is 1. The van der Waals surface area contributed by atoms with Gasteiger partial charge in [0.2, 0.25) is 0 Å². The molecule has 1 N–H and O–H groups in total. The number of para-hydroxylation sites is 1. The first-order valence-electron chi connectivity index (χ1n) is 12.8. The smallest absolute Gasteiger partial charge is 0.435 e. The summed E-state index contributed by atoms with van der Waals surface area (Å²) < 4.78 is 17.2. The first-order valence-corrected chi connectivity index (χ1v) is 12.8. The van der Waals surface area contributed by atoms with Gasteiger partial charge in [0.25, 0.3) is 0 Å². The maximum Gasteiger partial charge on any atom is 0.435 e. The van der Waals surface area contributed by atoms with Crippen molar-refractivity contribution in [1.29, 1.82) is 0 Å². The lowest BCUT2D eigenvalue weighted by Gasteiger charge is -2.19. The number of hydrogen-bond acceptors (Lipinski definition) is 9. The monoisotopic (exact) mass is 539 g/mol. The molecule has 0 fully saturated rings. The van der Waals surface area contributed by atoms with E-state index in [1.807, 2.05) is 75.4 Å². The lowest BCUT2D eigenvalue weighted by molar-refractivity contribution is -0.145. The van der Waals surface area contributed by atoms with Crippen LogP contribution in [0.25, 0.3) is 33.2 Å². The molecule has 10 nitrogen and oxygen atoms in total. The van der Waals surface area contributed by atoms with Crippen LogP contribution in [0.15, 0.2) is 72.9 Å². The second-order valence-corrected chi connectivity index (χ2v) is 9.97. The molecule has 0 saturated heterocycles. The van der Waals surface area contributed by atoms with E-state index in [1.165, 1.54) is 4.68 Å². The van der Waals surface area contributed by atoms with Crippen molar-refractivity contribution < 1.29 is 23.8 Å². The molecule has 204 valence electrons. The fraction of sp³-hybridized carbons (Fsp3) is 0.233. The number of hydrogen-bond donors (Lipinski definition) is 1. The van der Waals surface area contributed by atoms with E-state index in [0.717, 1.165) is 27.5 Å². The van der Waals surface area contributed by atoms with Gasteiger partial charge in [0.15, 0.2) is 12.4 Å². The summed E-state index contributed by atoms with van der Waals surface area (Å²) in [7, 11) is 0. The largest absolute Gasteiger partial charge is 0.482 e. The van der Waals surface area contributed by atoms with Gasteiger partial charge >= 0.3 is 12.1 Å². The minimum absolute atomic E-state index is 0.185. The minimum Gasteiger partial charge on any atom is -0.482 e. The quantitative estimate of drug-likeness (QED) is 0.244. The molecular weight excluding hydrogens is 510 g/mol. The molecule has 40 heavy (non-hydrogen) atoms. The Hall–Kier alpha value is -4.99. The molecule has 5 rings (SSSR count). The Kier molecular flexibility index (Phi) is 7.33. The molecular formula is C30H29N5O5. The van der Waals surface area contributed by atoms with E-state index >= 15 is 0 Å². The van der Waals surface area contributed by atoms with E-state index in [4.69, 9.17) is 24.2 Å². The van der Waals surface area contributed by atoms with Gasteiger partial charge < -0.3 is 19.5 Å². The van der Waals surface area contributed by atoms with Gasteiger partial charge in [-0.05, 0) is 70.2 Å². The van der Waals surface area contributed by atoms with Gasteiger partial charge in [0.05, 0.1) is 23.8 Å². The first-order chi connectivity index (χ1) is 19.2. The number of fused-ring (bicyclic) bond motifs is 2. The zero-order chi connectivity index (χ0) is 28.3. The van der Waals surface area contributed by atoms with Crippen LogP contribution in [0.1, 0.15) is 27.7 Å². The Morgan fingerprint density at radius 3 is 2.60 bits per heavy atom. The molecule has 3 aromatic carbocycles. The van der Waals surface area contributed by atoms with Gasteiger partial charge in [-0.2, -0.15) is 9.78 Å². The normalized spacial score (nSPS) is 11.4.